The molecule has 0 radical (unpaired) electrons. The van der Waals surface area contributed by atoms with Crippen LogP contribution < -0.4 is 5.73 Å². The first-order valence-electron chi connectivity index (χ1n) is 5.47. The molecule has 19 heavy (non-hydrogen) atoms. The van der Waals surface area contributed by atoms with Crippen LogP contribution in [-0.2, 0) is 0 Å². The first-order valence-corrected chi connectivity index (χ1v) is 5.85. The second-order valence-electron chi connectivity index (χ2n) is 3.78. The Morgan fingerprint density at radius 3 is 2.74 bits per heavy atom. The summed E-state index contributed by atoms with van der Waals surface area (Å²) < 4.78 is 24.4. The fourth-order valence-corrected chi connectivity index (χ4v) is 1.63. The zero-order valence-corrected chi connectivity index (χ0v) is 11.0. The number of hydrogen-bond acceptors (Lipinski definition) is 2. The van der Waals surface area contributed by atoms with Crippen molar-refractivity contribution in [2.75, 3.05) is 20.1 Å². The number of benzene rings is 1. The van der Waals surface area contributed by atoms with Gasteiger partial charge in [0.1, 0.15) is 0 Å². The van der Waals surface area contributed by atoms with Gasteiger partial charge in [-0.25, -0.2) is 8.78 Å². The van der Waals surface area contributed by atoms with Gasteiger partial charge >= 0.3 is 0 Å². The lowest BCUT2D eigenvalue weighted by atomic mass is 10.1. The van der Waals surface area contributed by atoms with Gasteiger partial charge < -0.3 is 10.6 Å². The summed E-state index contributed by atoms with van der Waals surface area (Å²) in [6, 6.07) is 4.47. The van der Waals surface area contributed by atoms with Crippen LogP contribution in [0, 0.1) is 11.8 Å². The van der Waals surface area contributed by atoms with E-state index in [4.69, 9.17) is 17.3 Å². The molecule has 2 N–H and O–H groups in total. The number of alkyl halides is 2. The molecule has 0 aliphatic rings. The molecule has 1 amide bonds. The number of carbonyl (C=O) groups excluding carboxylic acids is 1. The summed E-state index contributed by atoms with van der Waals surface area (Å²) in [5, 5.41) is 0.289. The Hall–Kier alpha value is -1.64. The molecule has 0 bridgehead atoms. The van der Waals surface area contributed by atoms with Crippen molar-refractivity contribution >= 4 is 17.5 Å². The van der Waals surface area contributed by atoms with Gasteiger partial charge in [0, 0.05) is 18.2 Å². The number of nitrogens with two attached hydrogens (primary N) is 1. The molecular formula is C13H13ClF2N2O. The van der Waals surface area contributed by atoms with E-state index in [9.17, 15) is 13.6 Å². The van der Waals surface area contributed by atoms with Crippen LogP contribution in [0.15, 0.2) is 18.2 Å². The largest absolute Gasteiger partial charge is 0.336 e. The quantitative estimate of drug-likeness (QED) is 0.864. The minimum atomic E-state index is -2.57. The summed E-state index contributed by atoms with van der Waals surface area (Å²) >= 11 is 5.96. The highest BCUT2D eigenvalue weighted by Gasteiger charge is 2.16. The van der Waals surface area contributed by atoms with Gasteiger partial charge in [0.15, 0.2) is 0 Å². The van der Waals surface area contributed by atoms with E-state index in [1.807, 2.05) is 0 Å². The second kappa shape index (κ2) is 7.07. The third-order valence-electron chi connectivity index (χ3n) is 2.30. The van der Waals surface area contributed by atoms with Crippen molar-refractivity contribution in [3.05, 3.63) is 34.3 Å². The van der Waals surface area contributed by atoms with Crippen molar-refractivity contribution in [3.8, 4) is 11.8 Å². The molecule has 0 aliphatic carbocycles. The third-order valence-corrected chi connectivity index (χ3v) is 2.61. The molecule has 6 heteroatoms. The number of rotatable bonds is 3. The molecule has 1 aromatic rings. The fraction of sp³-hybridized carbons (Fsp3) is 0.308. The van der Waals surface area contributed by atoms with Crippen molar-refractivity contribution < 1.29 is 13.6 Å². The van der Waals surface area contributed by atoms with Gasteiger partial charge in [0.2, 0.25) is 0 Å². The van der Waals surface area contributed by atoms with Crippen LogP contribution in [0.1, 0.15) is 15.9 Å². The molecule has 3 nitrogen and oxygen atoms in total. The van der Waals surface area contributed by atoms with Crippen LogP contribution in [0.25, 0.3) is 0 Å². The van der Waals surface area contributed by atoms with Gasteiger partial charge in [-0.3, -0.25) is 4.79 Å². The Kier molecular flexibility index (Phi) is 5.74. The van der Waals surface area contributed by atoms with Crippen LogP contribution in [-0.4, -0.2) is 37.4 Å². The summed E-state index contributed by atoms with van der Waals surface area (Å²) in [7, 11) is 1.31. The van der Waals surface area contributed by atoms with Crippen molar-refractivity contribution in [1.82, 2.24) is 4.90 Å². The van der Waals surface area contributed by atoms with Crippen LogP contribution >= 0.6 is 11.6 Å². The van der Waals surface area contributed by atoms with Crippen molar-refractivity contribution in [1.29, 1.82) is 0 Å². The fourth-order valence-electron chi connectivity index (χ4n) is 1.41. The Bertz CT molecular complexity index is 523. The molecular weight excluding hydrogens is 274 g/mol. The maximum atomic E-state index is 12.2. The van der Waals surface area contributed by atoms with E-state index in [2.05, 4.69) is 11.8 Å². The summed E-state index contributed by atoms with van der Waals surface area (Å²) in [5.41, 5.74) is 6.03. The molecule has 0 aliphatic heterocycles. The molecule has 0 saturated carbocycles. The number of nitrogens with zero attached hydrogens (tertiary/aromatic N) is 1. The van der Waals surface area contributed by atoms with Crippen LogP contribution in [0.3, 0.4) is 0 Å². The van der Waals surface area contributed by atoms with Crippen LogP contribution in [0.2, 0.25) is 5.02 Å². The molecule has 0 fully saturated rings. The Morgan fingerprint density at radius 1 is 1.53 bits per heavy atom. The maximum absolute atomic E-state index is 12.2. The van der Waals surface area contributed by atoms with Gasteiger partial charge in [-0.15, -0.1) is 0 Å². The molecule has 102 valence electrons. The smallest absolute Gasteiger partial charge is 0.255 e. The third kappa shape index (κ3) is 4.51. The highest BCUT2D eigenvalue weighted by atomic mass is 35.5. The number of hydrogen-bond donors (Lipinski definition) is 1. The maximum Gasteiger partial charge on any atom is 0.255 e. The SMILES string of the molecule is CN(CC(F)F)C(=O)c1ccc(C#CCN)c(Cl)c1. The molecule has 0 spiro atoms. The zero-order chi connectivity index (χ0) is 14.4. The van der Waals surface area contributed by atoms with E-state index < -0.39 is 18.9 Å². The molecule has 0 heterocycles. The molecule has 1 aromatic carbocycles. The summed E-state index contributed by atoms with van der Waals surface area (Å²) in [4.78, 5) is 12.8. The predicted molar refractivity (Wildman–Crippen MR) is 70.3 cm³/mol. The van der Waals surface area contributed by atoms with E-state index in [0.29, 0.717) is 5.56 Å². The highest BCUT2D eigenvalue weighted by molar-refractivity contribution is 6.32. The molecule has 0 saturated heterocycles. The van der Waals surface area contributed by atoms with E-state index in [-0.39, 0.29) is 17.1 Å². The molecule has 0 atom stereocenters. The number of carbonyl (C=O) groups is 1. The van der Waals surface area contributed by atoms with Crippen molar-refractivity contribution in [3.63, 3.8) is 0 Å². The van der Waals surface area contributed by atoms with Crippen LogP contribution in [0.5, 0.6) is 0 Å². The van der Waals surface area contributed by atoms with Gasteiger partial charge in [-0.2, -0.15) is 0 Å². The van der Waals surface area contributed by atoms with Gasteiger partial charge in [0.05, 0.1) is 18.1 Å². The number of amides is 1. The zero-order valence-electron chi connectivity index (χ0n) is 10.3. The first kappa shape index (κ1) is 15.4. The topological polar surface area (TPSA) is 46.3 Å². The Labute approximate surface area is 115 Å². The lowest BCUT2D eigenvalue weighted by Gasteiger charge is -2.16. The molecule has 0 aromatic heterocycles. The first-order chi connectivity index (χ1) is 8.95. The van der Waals surface area contributed by atoms with Crippen molar-refractivity contribution in [2.45, 2.75) is 6.43 Å². The summed E-state index contributed by atoms with van der Waals surface area (Å²) in [6.45, 7) is -0.417. The van der Waals surface area contributed by atoms with Gasteiger partial charge in [-0.1, -0.05) is 23.4 Å². The highest BCUT2D eigenvalue weighted by Crippen LogP contribution is 2.18. The summed E-state index contributed by atoms with van der Waals surface area (Å²) in [5.74, 6) is 4.88. The minimum absolute atomic E-state index is 0.203. The van der Waals surface area contributed by atoms with Crippen LogP contribution in [0.4, 0.5) is 8.78 Å². The summed E-state index contributed by atoms with van der Waals surface area (Å²) in [6.07, 6.45) is -2.57. The van der Waals surface area contributed by atoms with E-state index in [1.165, 1.54) is 19.2 Å². The minimum Gasteiger partial charge on any atom is -0.336 e. The molecule has 1 rings (SSSR count). The van der Waals surface area contributed by atoms with Crippen molar-refractivity contribution in [2.24, 2.45) is 5.73 Å². The lowest BCUT2D eigenvalue weighted by molar-refractivity contribution is 0.0620. The lowest BCUT2D eigenvalue weighted by Crippen LogP contribution is -2.31. The normalized spacial score (nSPS) is 10.0. The Balaban J connectivity index is 2.91. The average Bonchev–Trinajstić information content (AvgIpc) is 2.35. The average molecular weight is 287 g/mol. The van der Waals surface area contributed by atoms with E-state index >= 15 is 0 Å². The van der Waals surface area contributed by atoms with Gasteiger partial charge in [0.25, 0.3) is 12.3 Å². The number of halogens is 3. The monoisotopic (exact) mass is 286 g/mol. The molecule has 0 unspecified atom stereocenters. The Morgan fingerprint density at radius 2 is 2.21 bits per heavy atom. The predicted octanol–water partition coefficient (Wildman–Crippen LogP) is 1.99. The van der Waals surface area contributed by atoms with E-state index in [0.717, 1.165) is 4.90 Å². The van der Waals surface area contributed by atoms with Gasteiger partial charge in [-0.05, 0) is 18.2 Å². The standard InChI is InChI=1S/C13H13ClF2N2O/c1-18(8-12(15)16)13(19)10-5-4-9(3-2-6-17)11(14)7-10/h4-5,7,12H,6,8,17H2,1H3. The second-order valence-corrected chi connectivity index (χ2v) is 4.18. The van der Waals surface area contributed by atoms with E-state index in [1.54, 1.807) is 6.07 Å².